The van der Waals surface area contributed by atoms with E-state index in [1.165, 1.54) is 25.7 Å². The van der Waals surface area contributed by atoms with Gasteiger partial charge in [-0.1, -0.05) is 41.5 Å². The highest BCUT2D eigenvalue weighted by Gasteiger charge is 2.39. The van der Waals surface area contributed by atoms with Crippen LogP contribution in [0.15, 0.2) is 0 Å². The van der Waals surface area contributed by atoms with E-state index in [1.54, 1.807) is 0 Å². The highest BCUT2D eigenvalue weighted by molar-refractivity contribution is 4.90. The molecule has 1 unspecified atom stereocenters. The molecule has 1 rings (SSSR count). The molecule has 0 aromatic carbocycles. The van der Waals surface area contributed by atoms with Crippen molar-refractivity contribution < 1.29 is 0 Å². The zero-order chi connectivity index (χ0) is 11.0. The fraction of sp³-hybridized carbons (Fsp3) is 1.00. The van der Waals surface area contributed by atoms with Gasteiger partial charge in [0.05, 0.1) is 0 Å². The molecule has 0 saturated heterocycles. The van der Waals surface area contributed by atoms with Gasteiger partial charge in [0.1, 0.15) is 0 Å². The zero-order valence-corrected chi connectivity index (χ0v) is 11.0. The van der Waals surface area contributed by atoms with Crippen LogP contribution < -0.4 is 0 Å². The van der Waals surface area contributed by atoms with E-state index < -0.39 is 0 Å². The van der Waals surface area contributed by atoms with E-state index in [4.69, 9.17) is 0 Å². The normalized spacial score (nSPS) is 30.6. The van der Waals surface area contributed by atoms with Crippen LogP contribution in [-0.2, 0) is 0 Å². The molecule has 0 aromatic rings. The first-order valence-corrected chi connectivity index (χ1v) is 6.23. The first kappa shape index (κ1) is 12.1. The molecule has 1 fully saturated rings. The Kier molecular flexibility index (Phi) is 3.33. The Morgan fingerprint density at radius 2 is 1.71 bits per heavy atom. The zero-order valence-electron chi connectivity index (χ0n) is 11.0. The maximum Gasteiger partial charge on any atom is -0.0321 e. The Hall–Kier alpha value is 0. The van der Waals surface area contributed by atoms with Gasteiger partial charge in [-0.25, -0.2) is 0 Å². The van der Waals surface area contributed by atoms with Crippen molar-refractivity contribution in [3.63, 3.8) is 0 Å². The van der Waals surface area contributed by atoms with Crippen LogP contribution in [-0.4, -0.2) is 0 Å². The predicted octanol–water partition coefficient (Wildman–Crippen LogP) is 4.89. The maximum atomic E-state index is 2.47. The lowest BCUT2D eigenvalue weighted by Gasteiger charge is -2.47. The molecule has 0 amide bonds. The highest BCUT2D eigenvalue weighted by atomic mass is 14.4. The van der Waals surface area contributed by atoms with Gasteiger partial charge in [0.2, 0.25) is 0 Å². The van der Waals surface area contributed by atoms with E-state index in [0.717, 1.165) is 11.8 Å². The molecule has 0 heterocycles. The van der Waals surface area contributed by atoms with Crippen LogP contribution in [0.3, 0.4) is 0 Å². The van der Waals surface area contributed by atoms with Crippen LogP contribution in [0.25, 0.3) is 0 Å². The summed E-state index contributed by atoms with van der Waals surface area (Å²) in [5.41, 5.74) is 1.14. The molecular formula is C14H28. The number of rotatable bonds is 2. The quantitative estimate of drug-likeness (QED) is 0.590. The van der Waals surface area contributed by atoms with Crippen molar-refractivity contribution >= 4 is 0 Å². The van der Waals surface area contributed by atoms with Crippen molar-refractivity contribution in [1.82, 2.24) is 0 Å². The molecule has 1 aliphatic rings. The molecule has 0 aromatic heterocycles. The second kappa shape index (κ2) is 3.87. The van der Waals surface area contributed by atoms with E-state index in [1.807, 2.05) is 0 Å². The van der Waals surface area contributed by atoms with Gasteiger partial charge in [0.15, 0.2) is 0 Å². The minimum atomic E-state index is 0.562. The van der Waals surface area contributed by atoms with Crippen molar-refractivity contribution in [1.29, 1.82) is 0 Å². The molecule has 0 heteroatoms. The van der Waals surface area contributed by atoms with Crippen LogP contribution in [0.1, 0.15) is 67.2 Å². The van der Waals surface area contributed by atoms with Gasteiger partial charge < -0.3 is 0 Å². The lowest BCUT2D eigenvalue weighted by atomic mass is 9.58. The van der Waals surface area contributed by atoms with Gasteiger partial charge in [0.25, 0.3) is 0 Å². The van der Waals surface area contributed by atoms with E-state index in [0.29, 0.717) is 10.8 Å². The fourth-order valence-corrected chi connectivity index (χ4v) is 3.43. The van der Waals surface area contributed by atoms with Crippen LogP contribution in [0.5, 0.6) is 0 Å². The van der Waals surface area contributed by atoms with Crippen LogP contribution in [0, 0.1) is 22.7 Å². The van der Waals surface area contributed by atoms with Crippen LogP contribution >= 0.6 is 0 Å². The first-order valence-electron chi connectivity index (χ1n) is 6.23. The summed E-state index contributed by atoms with van der Waals surface area (Å²) in [4.78, 5) is 0. The Bertz CT molecular complexity index is 186. The molecular weight excluding hydrogens is 168 g/mol. The Morgan fingerprint density at radius 3 is 2.14 bits per heavy atom. The molecule has 84 valence electrons. The van der Waals surface area contributed by atoms with Crippen LogP contribution in [0.4, 0.5) is 0 Å². The minimum Gasteiger partial charge on any atom is -0.0628 e. The largest absolute Gasteiger partial charge is 0.0628 e. The summed E-state index contributed by atoms with van der Waals surface area (Å²) in [7, 11) is 0. The van der Waals surface area contributed by atoms with Gasteiger partial charge in [-0.15, -0.1) is 0 Å². The van der Waals surface area contributed by atoms with Gasteiger partial charge >= 0.3 is 0 Å². The standard InChI is InChI=1S/C14H28/c1-11(2)9-12-7-8-13(3,4)10-14(12,5)6/h11-12H,7-10H2,1-6H3. The summed E-state index contributed by atoms with van der Waals surface area (Å²) in [5.74, 6) is 1.82. The maximum absolute atomic E-state index is 2.47. The lowest BCUT2D eigenvalue weighted by molar-refractivity contribution is 0.0371. The second-order valence-corrected chi connectivity index (χ2v) is 7.19. The smallest absolute Gasteiger partial charge is 0.0321 e. The third-order valence-electron chi connectivity index (χ3n) is 3.96. The number of hydrogen-bond acceptors (Lipinski definition) is 0. The highest BCUT2D eigenvalue weighted by Crippen LogP contribution is 2.50. The van der Waals surface area contributed by atoms with Gasteiger partial charge in [-0.3, -0.25) is 0 Å². The van der Waals surface area contributed by atoms with Crippen molar-refractivity contribution in [2.24, 2.45) is 22.7 Å². The third kappa shape index (κ3) is 3.00. The topological polar surface area (TPSA) is 0 Å². The van der Waals surface area contributed by atoms with Gasteiger partial charge in [0, 0.05) is 0 Å². The average Bonchev–Trinajstić information content (AvgIpc) is 1.92. The molecule has 14 heavy (non-hydrogen) atoms. The molecule has 0 N–H and O–H groups in total. The third-order valence-corrected chi connectivity index (χ3v) is 3.96. The van der Waals surface area contributed by atoms with Gasteiger partial charge in [-0.05, 0) is 48.3 Å². The SMILES string of the molecule is CC(C)CC1CCC(C)(C)CC1(C)C. The minimum absolute atomic E-state index is 0.562. The van der Waals surface area contributed by atoms with Gasteiger partial charge in [-0.2, -0.15) is 0 Å². The number of hydrogen-bond donors (Lipinski definition) is 0. The predicted molar refractivity (Wildman–Crippen MR) is 64.4 cm³/mol. The van der Waals surface area contributed by atoms with Crippen molar-refractivity contribution in [3.05, 3.63) is 0 Å². The summed E-state index contributed by atoms with van der Waals surface area (Å²) in [5, 5.41) is 0. The molecule has 1 saturated carbocycles. The van der Waals surface area contributed by atoms with E-state index >= 15 is 0 Å². The van der Waals surface area contributed by atoms with Crippen molar-refractivity contribution in [2.45, 2.75) is 67.2 Å². The van der Waals surface area contributed by atoms with E-state index in [-0.39, 0.29) is 0 Å². The first-order chi connectivity index (χ1) is 6.23. The summed E-state index contributed by atoms with van der Waals surface area (Å²) in [6.45, 7) is 14.5. The summed E-state index contributed by atoms with van der Waals surface area (Å²) in [6.07, 6.45) is 5.69. The van der Waals surface area contributed by atoms with Crippen molar-refractivity contribution in [3.8, 4) is 0 Å². The fourth-order valence-electron chi connectivity index (χ4n) is 3.43. The lowest BCUT2D eigenvalue weighted by Crippen LogP contribution is -2.36. The molecule has 1 aliphatic carbocycles. The Labute approximate surface area is 90.5 Å². The second-order valence-electron chi connectivity index (χ2n) is 7.19. The molecule has 0 aliphatic heterocycles. The summed E-state index contributed by atoms with van der Waals surface area (Å²) < 4.78 is 0. The summed E-state index contributed by atoms with van der Waals surface area (Å²) in [6, 6.07) is 0. The van der Waals surface area contributed by atoms with E-state index in [9.17, 15) is 0 Å². The molecule has 0 bridgehead atoms. The molecule has 0 radical (unpaired) electrons. The average molecular weight is 196 g/mol. The summed E-state index contributed by atoms with van der Waals surface area (Å²) >= 11 is 0. The Morgan fingerprint density at radius 1 is 1.14 bits per heavy atom. The molecule has 0 nitrogen and oxygen atoms in total. The Balaban J connectivity index is 2.63. The van der Waals surface area contributed by atoms with Crippen molar-refractivity contribution in [2.75, 3.05) is 0 Å². The van der Waals surface area contributed by atoms with E-state index in [2.05, 4.69) is 41.5 Å². The molecule has 1 atom stereocenters. The van der Waals surface area contributed by atoms with Crippen LogP contribution in [0.2, 0.25) is 0 Å². The monoisotopic (exact) mass is 196 g/mol. The molecule has 0 spiro atoms.